The molecule has 0 spiro atoms. The molecule has 2 aromatic rings. The van der Waals surface area contributed by atoms with Crippen molar-refractivity contribution in [1.29, 1.82) is 0 Å². The topological polar surface area (TPSA) is 72.2 Å². The van der Waals surface area contributed by atoms with Crippen LogP contribution in [0.2, 0.25) is 0 Å². The highest BCUT2D eigenvalue weighted by Gasteiger charge is 2.38. The zero-order valence-corrected chi connectivity index (χ0v) is 11.4. The van der Waals surface area contributed by atoms with Gasteiger partial charge in [0.05, 0.1) is 0 Å². The summed E-state index contributed by atoms with van der Waals surface area (Å²) in [6.07, 6.45) is -3.04. The molecule has 10 heteroatoms. The van der Waals surface area contributed by atoms with Gasteiger partial charge in [0.15, 0.2) is 0 Å². The van der Waals surface area contributed by atoms with E-state index in [1.165, 1.54) is 0 Å². The molecule has 0 saturated heterocycles. The maximum absolute atomic E-state index is 12.6. The number of rotatable bonds is 5. The van der Waals surface area contributed by atoms with Gasteiger partial charge in [-0.1, -0.05) is 18.3 Å². The van der Waals surface area contributed by atoms with Crippen molar-refractivity contribution in [2.45, 2.75) is 32.4 Å². The number of hydrogen-bond acceptors (Lipinski definition) is 5. The first kappa shape index (κ1) is 14.7. The number of nitrogens with one attached hydrogen (secondary N) is 1. The van der Waals surface area contributed by atoms with Crippen LogP contribution in [0.3, 0.4) is 0 Å². The molecule has 2 aromatic heterocycles. The highest BCUT2D eigenvalue weighted by Crippen LogP contribution is 2.28. The van der Waals surface area contributed by atoms with E-state index in [0.29, 0.717) is 28.9 Å². The molecule has 0 saturated carbocycles. The van der Waals surface area contributed by atoms with E-state index in [0.717, 1.165) is 17.8 Å². The van der Waals surface area contributed by atoms with Crippen molar-refractivity contribution in [3.05, 3.63) is 10.8 Å². The molecule has 0 aliphatic rings. The van der Waals surface area contributed by atoms with Crippen molar-refractivity contribution in [1.82, 2.24) is 25.1 Å². The van der Waals surface area contributed by atoms with Crippen molar-refractivity contribution in [2.75, 3.05) is 6.54 Å². The Labute approximate surface area is 116 Å². The van der Waals surface area contributed by atoms with E-state index in [4.69, 9.17) is 0 Å². The third-order valence-electron chi connectivity index (χ3n) is 2.42. The summed E-state index contributed by atoms with van der Waals surface area (Å²) >= 11 is 1.03. The molecule has 6 nitrogen and oxygen atoms in total. The first-order valence-corrected chi connectivity index (χ1v) is 6.78. The molecule has 2 rings (SSSR count). The second-order valence-corrected chi connectivity index (χ2v) is 5.10. The van der Waals surface area contributed by atoms with Crippen LogP contribution < -0.4 is 5.32 Å². The fraction of sp³-hybridized carbons (Fsp3) is 0.600. The molecule has 1 amide bonds. The quantitative estimate of drug-likeness (QED) is 0.912. The Hall–Kier alpha value is -1.71. The molecule has 0 aliphatic carbocycles. The zero-order chi connectivity index (χ0) is 14.8. The number of aromatic nitrogens is 4. The number of carbonyl (C=O) groups excluding carboxylic acids is 1. The Bertz CT molecular complexity index is 606. The fourth-order valence-electron chi connectivity index (χ4n) is 1.56. The molecule has 110 valence electrons. The Morgan fingerprint density at radius 2 is 2.15 bits per heavy atom. The van der Waals surface area contributed by atoms with E-state index in [9.17, 15) is 18.0 Å². The standard InChI is InChI=1S/C10H12F3N5OS/c1-2-3-6(19)14-5-4-7-17-18-8(10(11,12)13)15-16-9(18)20-7/h2-5H2,1H3,(H,14,19). The molecule has 0 aliphatic heterocycles. The average molecular weight is 307 g/mol. The van der Waals surface area contributed by atoms with Crippen molar-refractivity contribution in [3.63, 3.8) is 0 Å². The Balaban J connectivity index is 2.02. The van der Waals surface area contributed by atoms with Crippen LogP contribution in [0.25, 0.3) is 4.96 Å². The molecular weight excluding hydrogens is 295 g/mol. The van der Waals surface area contributed by atoms with E-state index in [1.54, 1.807) is 0 Å². The predicted molar refractivity (Wildman–Crippen MR) is 65.3 cm³/mol. The van der Waals surface area contributed by atoms with Gasteiger partial charge in [-0.05, 0) is 6.42 Å². The summed E-state index contributed by atoms with van der Waals surface area (Å²) < 4.78 is 38.5. The highest BCUT2D eigenvalue weighted by molar-refractivity contribution is 7.16. The smallest absolute Gasteiger partial charge is 0.356 e. The van der Waals surface area contributed by atoms with Crippen LogP contribution in [-0.2, 0) is 17.4 Å². The fourth-order valence-corrected chi connectivity index (χ4v) is 2.39. The number of amides is 1. The lowest BCUT2D eigenvalue weighted by Crippen LogP contribution is -2.25. The second-order valence-electron chi connectivity index (χ2n) is 4.06. The van der Waals surface area contributed by atoms with Crippen molar-refractivity contribution in [2.24, 2.45) is 0 Å². The van der Waals surface area contributed by atoms with E-state index in [2.05, 4.69) is 20.6 Å². The molecule has 20 heavy (non-hydrogen) atoms. The van der Waals surface area contributed by atoms with Crippen LogP contribution in [0.15, 0.2) is 0 Å². The summed E-state index contributed by atoms with van der Waals surface area (Å²) in [6.45, 7) is 2.23. The summed E-state index contributed by atoms with van der Waals surface area (Å²) in [4.78, 5) is 11.3. The van der Waals surface area contributed by atoms with Gasteiger partial charge in [0.2, 0.25) is 10.9 Å². The summed E-state index contributed by atoms with van der Waals surface area (Å²) in [5.74, 6) is -1.21. The lowest BCUT2D eigenvalue weighted by molar-refractivity contribution is -0.146. The lowest BCUT2D eigenvalue weighted by Gasteiger charge is -2.02. The minimum absolute atomic E-state index is 0.0773. The summed E-state index contributed by atoms with van der Waals surface area (Å²) in [5, 5.41) is 13.5. The van der Waals surface area contributed by atoms with Crippen molar-refractivity contribution >= 4 is 22.2 Å². The minimum atomic E-state index is -4.58. The van der Waals surface area contributed by atoms with Gasteiger partial charge in [-0.15, -0.1) is 10.2 Å². The van der Waals surface area contributed by atoms with Crippen molar-refractivity contribution < 1.29 is 18.0 Å². The van der Waals surface area contributed by atoms with E-state index < -0.39 is 12.0 Å². The maximum atomic E-state index is 12.6. The van der Waals surface area contributed by atoms with Crippen LogP contribution in [0.4, 0.5) is 13.2 Å². The first-order chi connectivity index (χ1) is 9.41. The molecule has 0 unspecified atom stereocenters. The molecule has 0 radical (unpaired) electrons. The van der Waals surface area contributed by atoms with E-state index in [1.807, 2.05) is 6.92 Å². The van der Waals surface area contributed by atoms with Crippen LogP contribution in [0, 0.1) is 0 Å². The number of nitrogens with zero attached hydrogens (tertiary/aromatic N) is 4. The molecule has 0 atom stereocenters. The molecule has 0 aromatic carbocycles. The third kappa shape index (κ3) is 3.24. The van der Waals surface area contributed by atoms with Crippen LogP contribution in [0.1, 0.15) is 30.6 Å². The first-order valence-electron chi connectivity index (χ1n) is 5.97. The van der Waals surface area contributed by atoms with Gasteiger partial charge < -0.3 is 5.32 Å². The zero-order valence-electron chi connectivity index (χ0n) is 10.6. The highest BCUT2D eigenvalue weighted by atomic mass is 32.1. The Morgan fingerprint density at radius 1 is 1.40 bits per heavy atom. The number of hydrogen-bond donors (Lipinski definition) is 1. The van der Waals surface area contributed by atoms with Gasteiger partial charge in [0.25, 0.3) is 5.82 Å². The number of halogens is 3. The second kappa shape index (κ2) is 5.73. The monoisotopic (exact) mass is 307 g/mol. The van der Waals surface area contributed by atoms with Gasteiger partial charge in [-0.25, -0.2) is 0 Å². The summed E-state index contributed by atoms with van der Waals surface area (Å²) in [5.41, 5.74) is 0. The van der Waals surface area contributed by atoms with Gasteiger partial charge >= 0.3 is 6.18 Å². The van der Waals surface area contributed by atoms with Gasteiger partial charge in [0.1, 0.15) is 5.01 Å². The number of carbonyl (C=O) groups is 1. The van der Waals surface area contributed by atoms with Crippen LogP contribution >= 0.6 is 11.3 Å². The van der Waals surface area contributed by atoms with Gasteiger partial charge in [-0.3, -0.25) is 4.79 Å². The van der Waals surface area contributed by atoms with Gasteiger partial charge in [-0.2, -0.15) is 22.8 Å². The number of alkyl halides is 3. The SMILES string of the molecule is CCCC(=O)NCCc1nn2c(C(F)(F)F)nnc2s1. The summed E-state index contributed by atoms with van der Waals surface area (Å²) in [7, 11) is 0. The average Bonchev–Trinajstić information content (AvgIpc) is 2.86. The van der Waals surface area contributed by atoms with Crippen LogP contribution in [0.5, 0.6) is 0 Å². The molecule has 0 bridgehead atoms. The molecule has 2 heterocycles. The maximum Gasteiger partial charge on any atom is 0.453 e. The molecule has 0 fully saturated rings. The van der Waals surface area contributed by atoms with Crippen LogP contribution in [-0.4, -0.2) is 32.3 Å². The predicted octanol–water partition coefficient (Wildman–Crippen LogP) is 1.66. The Morgan fingerprint density at radius 3 is 2.80 bits per heavy atom. The third-order valence-corrected chi connectivity index (χ3v) is 3.38. The molecular formula is C10H12F3N5OS. The van der Waals surface area contributed by atoms with E-state index in [-0.39, 0.29) is 10.9 Å². The largest absolute Gasteiger partial charge is 0.453 e. The summed E-state index contributed by atoms with van der Waals surface area (Å²) in [6, 6.07) is 0. The lowest BCUT2D eigenvalue weighted by atomic mass is 10.3. The molecule has 1 N–H and O–H groups in total. The van der Waals surface area contributed by atoms with E-state index >= 15 is 0 Å². The van der Waals surface area contributed by atoms with Gasteiger partial charge in [0, 0.05) is 19.4 Å². The Kier molecular flexibility index (Phi) is 4.21. The normalized spacial score (nSPS) is 12.0. The number of fused-ring (bicyclic) bond motifs is 1. The minimum Gasteiger partial charge on any atom is -0.356 e. The van der Waals surface area contributed by atoms with Crippen molar-refractivity contribution in [3.8, 4) is 0 Å².